The van der Waals surface area contributed by atoms with Gasteiger partial charge in [-0.2, -0.15) is 0 Å². The molecule has 0 aromatic rings. The molecular formula is C71H134O17P2. The zero-order valence-corrected chi connectivity index (χ0v) is 59.9. The molecule has 0 aromatic heterocycles. The van der Waals surface area contributed by atoms with E-state index in [9.17, 15) is 43.2 Å². The maximum atomic E-state index is 13.0. The van der Waals surface area contributed by atoms with Crippen LogP contribution < -0.4 is 0 Å². The summed E-state index contributed by atoms with van der Waals surface area (Å²) in [5.74, 6) is 0.0394. The number of carbonyl (C=O) groups is 4. The topological polar surface area (TPSA) is 237 Å². The lowest BCUT2D eigenvalue weighted by Gasteiger charge is -2.21. The number of aliphatic hydroxyl groups excluding tert-OH is 1. The minimum absolute atomic E-state index is 0.0842. The van der Waals surface area contributed by atoms with E-state index >= 15 is 0 Å². The van der Waals surface area contributed by atoms with E-state index < -0.39 is 97.5 Å². The normalized spacial score (nSPS) is 14.4. The number of phosphoric acid groups is 2. The summed E-state index contributed by atoms with van der Waals surface area (Å²) in [5, 5.41) is 10.6. The second-order valence-electron chi connectivity index (χ2n) is 26.4. The fourth-order valence-electron chi connectivity index (χ4n) is 10.2. The summed E-state index contributed by atoms with van der Waals surface area (Å²) in [4.78, 5) is 72.5. The quantitative estimate of drug-likeness (QED) is 0.0169. The molecule has 0 rings (SSSR count). The smallest absolute Gasteiger partial charge is 0.462 e. The van der Waals surface area contributed by atoms with Gasteiger partial charge in [0.1, 0.15) is 19.3 Å². The van der Waals surface area contributed by atoms with Crippen LogP contribution >= 0.6 is 15.6 Å². The Morgan fingerprint density at radius 1 is 0.344 bits per heavy atom. The highest BCUT2D eigenvalue weighted by atomic mass is 31.2. The molecule has 5 atom stereocenters. The van der Waals surface area contributed by atoms with E-state index in [-0.39, 0.29) is 25.7 Å². The Hall–Kier alpha value is -2.46. The SMILES string of the molecule is CCCCCC/C=C\C=C/CCCCCCCC(=O)O[C@H](COC(=O)CCCCCCCCCCCCC(C)C)COP(=O)(O)OCC(O)COP(=O)(O)OC[C@@H](COC(=O)CCCCCCCCCCC(C)C)OC(=O)CCCCCCCCCCC(C)C. The summed E-state index contributed by atoms with van der Waals surface area (Å²) in [6.45, 7) is 11.7. The first kappa shape index (κ1) is 87.5. The number of rotatable bonds is 67. The van der Waals surface area contributed by atoms with Crippen molar-refractivity contribution in [3.05, 3.63) is 24.3 Å². The van der Waals surface area contributed by atoms with Gasteiger partial charge in [-0.3, -0.25) is 37.3 Å². The Morgan fingerprint density at radius 2 is 0.600 bits per heavy atom. The van der Waals surface area contributed by atoms with E-state index in [0.717, 1.165) is 115 Å². The van der Waals surface area contributed by atoms with Gasteiger partial charge in [0.05, 0.1) is 26.4 Å². The summed E-state index contributed by atoms with van der Waals surface area (Å²) < 4.78 is 68.3. The van der Waals surface area contributed by atoms with Gasteiger partial charge < -0.3 is 33.8 Å². The van der Waals surface area contributed by atoms with Gasteiger partial charge in [-0.25, -0.2) is 9.13 Å². The Morgan fingerprint density at radius 3 is 0.900 bits per heavy atom. The molecule has 0 heterocycles. The first-order valence-electron chi connectivity index (χ1n) is 36.2. The molecule has 3 N–H and O–H groups in total. The van der Waals surface area contributed by atoms with Crippen LogP contribution in [0.15, 0.2) is 24.3 Å². The van der Waals surface area contributed by atoms with Crippen LogP contribution in [0.5, 0.6) is 0 Å². The average molecular weight is 1320 g/mol. The standard InChI is InChI=1S/C71H134O17P2/c1-8-9-10-11-12-13-14-15-16-17-18-23-33-40-47-54-70(75)87-66(58-81-68(73)52-45-38-31-22-20-19-21-28-35-42-49-62(2)3)60-85-89(77,78)83-56-65(72)57-84-90(79,80)86-61-67(88-71(76)55-48-41-34-27-25-30-37-44-51-64(6)7)59-82-69(74)53-46-39-32-26-24-29-36-43-50-63(4)5/h13-16,62-67,72H,8-12,17-61H2,1-7H3,(H,77,78)(H,79,80)/b14-13-,16-15-/t65?,66-,67-/m1/s1. The second-order valence-corrected chi connectivity index (χ2v) is 29.3. The van der Waals surface area contributed by atoms with E-state index in [1.165, 1.54) is 128 Å². The van der Waals surface area contributed by atoms with Crippen LogP contribution in [0.25, 0.3) is 0 Å². The highest BCUT2D eigenvalue weighted by molar-refractivity contribution is 7.47. The Balaban J connectivity index is 5.30. The van der Waals surface area contributed by atoms with Gasteiger partial charge in [0, 0.05) is 25.7 Å². The average Bonchev–Trinajstić information content (AvgIpc) is 3.65. The van der Waals surface area contributed by atoms with Crippen LogP contribution in [0.2, 0.25) is 0 Å². The molecule has 0 aliphatic carbocycles. The molecule has 0 spiro atoms. The Labute approximate surface area is 548 Å². The predicted molar refractivity (Wildman–Crippen MR) is 363 cm³/mol. The van der Waals surface area contributed by atoms with E-state index in [2.05, 4.69) is 72.8 Å². The third-order valence-corrected chi connectivity index (χ3v) is 17.7. The summed E-state index contributed by atoms with van der Waals surface area (Å²) >= 11 is 0. The zero-order valence-electron chi connectivity index (χ0n) is 58.1. The highest BCUT2D eigenvalue weighted by Crippen LogP contribution is 2.45. The highest BCUT2D eigenvalue weighted by Gasteiger charge is 2.30. The van der Waals surface area contributed by atoms with E-state index in [4.69, 9.17) is 37.0 Å². The van der Waals surface area contributed by atoms with Crippen LogP contribution in [-0.2, 0) is 65.4 Å². The minimum atomic E-state index is -4.96. The molecule has 90 heavy (non-hydrogen) atoms. The van der Waals surface area contributed by atoms with Gasteiger partial charge in [0.15, 0.2) is 12.2 Å². The third kappa shape index (κ3) is 64.3. The molecule has 0 saturated carbocycles. The third-order valence-electron chi connectivity index (χ3n) is 15.8. The molecular weight excluding hydrogens is 1190 g/mol. The van der Waals surface area contributed by atoms with Gasteiger partial charge in [-0.1, -0.05) is 278 Å². The van der Waals surface area contributed by atoms with Crippen LogP contribution in [0.4, 0.5) is 0 Å². The summed E-state index contributed by atoms with van der Waals surface area (Å²) in [5.41, 5.74) is 0. The number of hydrogen-bond donors (Lipinski definition) is 3. The van der Waals surface area contributed by atoms with Gasteiger partial charge in [0.25, 0.3) is 0 Å². The van der Waals surface area contributed by atoms with Crippen molar-refractivity contribution >= 4 is 39.5 Å². The Kier molecular flexibility index (Phi) is 59.7. The summed E-state index contributed by atoms with van der Waals surface area (Å²) in [6, 6.07) is 0. The van der Waals surface area contributed by atoms with E-state index in [1.807, 2.05) is 0 Å². The van der Waals surface area contributed by atoms with E-state index in [0.29, 0.717) is 31.6 Å². The molecule has 0 bridgehead atoms. The fourth-order valence-corrected chi connectivity index (χ4v) is 11.8. The molecule has 0 aliphatic heterocycles. The molecule has 17 nitrogen and oxygen atoms in total. The van der Waals surface area contributed by atoms with Crippen LogP contribution in [0.1, 0.15) is 331 Å². The molecule has 0 amide bonds. The van der Waals surface area contributed by atoms with Gasteiger partial charge >= 0.3 is 39.5 Å². The van der Waals surface area contributed by atoms with Gasteiger partial charge in [-0.15, -0.1) is 0 Å². The van der Waals surface area contributed by atoms with Crippen molar-refractivity contribution in [1.29, 1.82) is 0 Å². The molecule has 0 aromatic carbocycles. The summed E-state index contributed by atoms with van der Waals surface area (Å²) in [7, 11) is -9.92. The van der Waals surface area contributed by atoms with Crippen LogP contribution in [0.3, 0.4) is 0 Å². The predicted octanol–water partition coefficient (Wildman–Crippen LogP) is 19.8. The van der Waals surface area contributed by atoms with Crippen LogP contribution in [-0.4, -0.2) is 96.7 Å². The monoisotopic (exact) mass is 1320 g/mol. The number of allylic oxidation sites excluding steroid dienone is 4. The molecule has 3 unspecified atom stereocenters. The maximum Gasteiger partial charge on any atom is 0.472 e. The number of aliphatic hydroxyl groups is 1. The molecule has 0 radical (unpaired) electrons. The number of hydrogen-bond acceptors (Lipinski definition) is 15. The van der Waals surface area contributed by atoms with Crippen molar-refractivity contribution in [2.24, 2.45) is 17.8 Å². The van der Waals surface area contributed by atoms with Crippen molar-refractivity contribution in [1.82, 2.24) is 0 Å². The van der Waals surface area contributed by atoms with E-state index in [1.54, 1.807) is 0 Å². The van der Waals surface area contributed by atoms with Crippen LogP contribution in [0, 0.1) is 17.8 Å². The molecule has 19 heteroatoms. The first-order chi connectivity index (χ1) is 43.2. The largest absolute Gasteiger partial charge is 0.472 e. The fraction of sp³-hybridized carbons (Fsp3) is 0.887. The Bertz CT molecular complexity index is 1860. The van der Waals surface area contributed by atoms with Crippen molar-refractivity contribution in [3.63, 3.8) is 0 Å². The molecule has 0 saturated heterocycles. The lowest BCUT2D eigenvalue weighted by molar-refractivity contribution is -0.161. The molecule has 530 valence electrons. The maximum absolute atomic E-state index is 13.0. The van der Waals surface area contributed by atoms with Crippen molar-refractivity contribution in [2.45, 2.75) is 349 Å². The number of carbonyl (C=O) groups excluding carboxylic acids is 4. The van der Waals surface area contributed by atoms with Gasteiger partial charge in [0.2, 0.25) is 0 Å². The summed E-state index contributed by atoms with van der Waals surface area (Å²) in [6.07, 6.45) is 48.1. The van der Waals surface area contributed by atoms with Gasteiger partial charge in [-0.05, 0) is 69.1 Å². The number of ether oxygens (including phenoxy) is 4. The van der Waals surface area contributed by atoms with Crippen molar-refractivity contribution in [3.8, 4) is 0 Å². The second kappa shape index (κ2) is 61.4. The number of unbranched alkanes of at least 4 members (excludes halogenated alkanes) is 32. The van der Waals surface area contributed by atoms with Crippen molar-refractivity contribution < 1.29 is 80.2 Å². The number of phosphoric ester groups is 2. The molecule has 0 fully saturated rings. The zero-order chi connectivity index (χ0) is 66.6. The lowest BCUT2D eigenvalue weighted by atomic mass is 10.0. The van der Waals surface area contributed by atoms with Crippen molar-refractivity contribution in [2.75, 3.05) is 39.6 Å². The number of esters is 4. The minimum Gasteiger partial charge on any atom is -0.462 e. The lowest BCUT2D eigenvalue weighted by Crippen LogP contribution is -2.30. The molecule has 0 aliphatic rings. The first-order valence-corrected chi connectivity index (χ1v) is 39.2.